The van der Waals surface area contributed by atoms with Crippen LogP contribution in [0, 0.1) is 5.41 Å². The number of hydrogen-bond acceptors (Lipinski definition) is 5. The molecule has 4 rings (SSSR count). The van der Waals surface area contributed by atoms with Crippen molar-refractivity contribution in [2.24, 2.45) is 11.1 Å². The van der Waals surface area contributed by atoms with Gasteiger partial charge in [-0.05, 0) is 43.9 Å². The average Bonchev–Trinajstić information content (AvgIpc) is 3.31. The van der Waals surface area contributed by atoms with Gasteiger partial charge in [-0.2, -0.15) is 0 Å². The van der Waals surface area contributed by atoms with Crippen molar-refractivity contribution in [3.8, 4) is 0 Å². The third-order valence-corrected chi connectivity index (χ3v) is 5.32. The van der Waals surface area contributed by atoms with Crippen LogP contribution in [0.5, 0.6) is 0 Å². The molecule has 1 aromatic heterocycles. The average molecular weight is 417 g/mol. The molecule has 0 spiro atoms. The van der Waals surface area contributed by atoms with E-state index in [2.05, 4.69) is 15.3 Å². The third-order valence-electron chi connectivity index (χ3n) is 5.32. The Labute approximate surface area is 170 Å². The highest BCUT2D eigenvalue weighted by atomic mass is 35.5. The van der Waals surface area contributed by atoms with E-state index < -0.39 is 5.41 Å². The summed E-state index contributed by atoms with van der Waals surface area (Å²) < 4.78 is 11.1. The molecule has 2 aliphatic heterocycles. The fraction of sp³-hybridized carbons (Fsp3) is 0.556. The number of nitrogens with two attached hydrogens (primary N) is 1. The second kappa shape index (κ2) is 9.21. The number of fused-ring (bicyclic) bond motifs is 1. The molecule has 2 saturated heterocycles. The Kier molecular flexibility index (Phi) is 7.47. The molecule has 0 bridgehead atoms. The zero-order chi connectivity index (χ0) is 17.3. The SMILES string of the molecule is Cl.Cl.NCC1(C(=O)Nc2ccc3nc(C4CCCO4)[nH]c3c2)CCOCC1. The molecule has 0 aliphatic carbocycles. The highest BCUT2D eigenvalue weighted by Gasteiger charge is 2.38. The minimum Gasteiger partial charge on any atom is -0.381 e. The summed E-state index contributed by atoms with van der Waals surface area (Å²) in [5.74, 6) is 0.829. The van der Waals surface area contributed by atoms with Gasteiger partial charge in [0.15, 0.2) is 0 Å². The normalized spacial score (nSPS) is 21.3. The second-order valence-corrected chi connectivity index (χ2v) is 6.91. The number of aromatic amines is 1. The van der Waals surface area contributed by atoms with Crippen molar-refractivity contribution in [1.29, 1.82) is 0 Å². The molecule has 3 heterocycles. The molecule has 2 fully saturated rings. The lowest BCUT2D eigenvalue weighted by Crippen LogP contribution is -2.46. The van der Waals surface area contributed by atoms with Gasteiger partial charge in [0, 0.05) is 32.1 Å². The van der Waals surface area contributed by atoms with E-state index in [-0.39, 0.29) is 36.8 Å². The fourth-order valence-corrected chi connectivity index (χ4v) is 3.60. The molecule has 1 unspecified atom stereocenters. The van der Waals surface area contributed by atoms with Crippen molar-refractivity contribution in [3.05, 3.63) is 24.0 Å². The van der Waals surface area contributed by atoms with Crippen LogP contribution in [0.1, 0.15) is 37.6 Å². The van der Waals surface area contributed by atoms with Crippen molar-refractivity contribution < 1.29 is 14.3 Å². The van der Waals surface area contributed by atoms with Crippen LogP contribution in [0.2, 0.25) is 0 Å². The van der Waals surface area contributed by atoms with Gasteiger partial charge in [0.2, 0.25) is 5.91 Å². The zero-order valence-electron chi connectivity index (χ0n) is 15.0. The minimum atomic E-state index is -0.538. The number of nitrogens with one attached hydrogen (secondary N) is 2. The number of hydrogen-bond donors (Lipinski definition) is 3. The summed E-state index contributed by atoms with van der Waals surface area (Å²) in [7, 11) is 0. The topological polar surface area (TPSA) is 102 Å². The quantitative estimate of drug-likeness (QED) is 0.710. The van der Waals surface area contributed by atoms with E-state index >= 15 is 0 Å². The Bertz CT molecular complexity index is 771. The number of benzene rings is 1. The van der Waals surface area contributed by atoms with E-state index in [0.717, 1.165) is 42.0 Å². The Morgan fingerprint density at radius 1 is 1.30 bits per heavy atom. The molecule has 9 heteroatoms. The van der Waals surface area contributed by atoms with Crippen molar-refractivity contribution >= 4 is 47.4 Å². The van der Waals surface area contributed by atoms with Gasteiger partial charge in [0.1, 0.15) is 11.9 Å². The van der Waals surface area contributed by atoms with Crippen molar-refractivity contribution in [3.63, 3.8) is 0 Å². The maximum Gasteiger partial charge on any atom is 0.232 e. The van der Waals surface area contributed by atoms with Crippen molar-refractivity contribution in [2.45, 2.75) is 31.8 Å². The molecule has 0 radical (unpaired) electrons. The number of halogens is 2. The molecule has 27 heavy (non-hydrogen) atoms. The summed E-state index contributed by atoms with van der Waals surface area (Å²) in [5, 5.41) is 3.02. The lowest BCUT2D eigenvalue weighted by molar-refractivity contribution is -0.130. The predicted octanol–water partition coefficient (Wildman–Crippen LogP) is 2.95. The fourth-order valence-electron chi connectivity index (χ4n) is 3.60. The molecule has 150 valence electrons. The summed E-state index contributed by atoms with van der Waals surface area (Å²) in [5.41, 5.74) is 7.90. The summed E-state index contributed by atoms with van der Waals surface area (Å²) >= 11 is 0. The van der Waals surface area contributed by atoms with Gasteiger partial charge in [-0.25, -0.2) is 4.98 Å². The monoisotopic (exact) mass is 416 g/mol. The molecule has 0 saturated carbocycles. The summed E-state index contributed by atoms with van der Waals surface area (Å²) in [4.78, 5) is 20.7. The molecular formula is C18H26Cl2N4O3. The summed E-state index contributed by atoms with van der Waals surface area (Å²) in [6, 6.07) is 5.71. The number of rotatable bonds is 4. The first-order valence-electron chi connectivity index (χ1n) is 8.91. The number of ether oxygens (including phenoxy) is 2. The van der Waals surface area contributed by atoms with E-state index in [9.17, 15) is 4.79 Å². The minimum absolute atomic E-state index is 0. The Hall–Kier alpha value is -1.38. The largest absolute Gasteiger partial charge is 0.381 e. The second-order valence-electron chi connectivity index (χ2n) is 6.91. The molecule has 1 amide bonds. The van der Waals surface area contributed by atoms with Crippen LogP contribution in [-0.2, 0) is 14.3 Å². The van der Waals surface area contributed by atoms with E-state index in [1.54, 1.807) is 0 Å². The highest BCUT2D eigenvalue weighted by molar-refractivity contribution is 5.97. The van der Waals surface area contributed by atoms with Gasteiger partial charge in [0.25, 0.3) is 0 Å². The number of imidazole rings is 1. The summed E-state index contributed by atoms with van der Waals surface area (Å²) in [6.45, 7) is 2.27. The molecule has 2 aliphatic rings. The molecular weight excluding hydrogens is 391 g/mol. The molecule has 4 N–H and O–H groups in total. The molecule has 2 aromatic rings. The predicted molar refractivity (Wildman–Crippen MR) is 109 cm³/mol. The number of nitrogens with zero attached hydrogens (tertiary/aromatic N) is 1. The lowest BCUT2D eigenvalue weighted by Gasteiger charge is -2.34. The Morgan fingerprint density at radius 2 is 2.07 bits per heavy atom. The van der Waals surface area contributed by atoms with Crippen LogP contribution in [-0.4, -0.2) is 42.2 Å². The van der Waals surface area contributed by atoms with E-state index in [4.69, 9.17) is 15.2 Å². The van der Waals surface area contributed by atoms with E-state index in [0.29, 0.717) is 32.6 Å². The number of H-pyrrole nitrogens is 1. The van der Waals surface area contributed by atoms with Crippen LogP contribution in [0.3, 0.4) is 0 Å². The number of aromatic nitrogens is 2. The zero-order valence-corrected chi connectivity index (χ0v) is 16.7. The third kappa shape index (κ3) is 4.38. The number of anilines is 1. The van der Waals surface area contributed by atoms with E-state index in [1.807, 2.05) is 18.2 Å². The number of carbonyl (C=O) groups excluding carboxylic acids is 1. The van der Waals surface area contributed by atoms with Crippen LogP contribution >= 0.6 is 24.8 Å². The lowest BCUT2D eigenvalue weighted by atomic mass is 9.79. The van der Waals surface area contributed by atoms with Gasteiger partial charge >= 0.3 is 0 Å². The van der Waals surface area contributed by atoms with Gasteiger partial charge in [0.05, 0.1) is 16.4 Å². The smallest absolute Gasteiger partial charge is 0.232 e. The summed E-state index contributed by atoms with van der Waals surface area (Å²) in [6.07, 6.45) is 3.42. The van der Waals surface area contributed by atoms with E-state index in [1.165, 1.54) is 0 Å². The van der Waals surface area contributed by atoms with Gasteiger partial charge in [-0.1, -0.05) is 0 Å². The maximum atomic E-state index is 12.8. The molecule has 7 nitrogen and oxygen atoms in total. The molecule has 1 atom stereocenters. The standard InChI is InChI=1S/C18H24N4O3.2ClH/c19-11-18(5-8-24-9-6-18)17(23)20-12-3-4-13-14(10-12)22-16(21-13)15-2-1-7-25-15;;/h3-4,10,15H,1-2,5-9,11,19H2,(H,20,23)(H,21,22);2*1H. The van der Waals surface area contributed by atoms with Crippen LogP contribution in [0.15, 0.2) is 18.2 Å². The maximum absolute atomic E-state index is 12.8. The first-order valence-corrected chi connectivity index (χ1v) is 8.91. The van der Waals surface area contributed by atoms with Crippen LogP contribution in [0.4, 0.5) is 5.69 Å². The van der Waals surface area contributed by atoms with Gasteiger partial charge in [-0.15, -0.1) is 24.8 Å². The van der Waals surface area contributed by atoms with Crippen molar-refractivity contribution in [1.82, 2.24) is 9.97 Å². The van der Waals surface area contributed by atoms with Crippen LogP contribution in [0.25, 0.3) is 11.0 Å². The first kappa shape index (κ1) is 21.9. The number of carbonyl (C=O) groups is 1. The van der Waals surface area contributed by atoms with Crippen LogP contribution < -0.4 is 11.1 Å². The Morgan fingerprint density at radius 3 is 2.74 bits per heavy atom. The van der Waals surface area contributed by atoms with Gasteiger partial charge in [-0.3, -0.25) is 4.79 Å². The number of amides is 1. The first-order chi connectivity index (χ1) is 12.2. The molecule has 1 aromatic carbocycles. The van der Waals surface area contributed by atoms with Crippen molar-refractivity contribution in [2.75, 3.05) is 31.7 Å². The van der Waals surface area contributed by atoms with Gasteiger partial charge < -0.3 is 25.5 Å². The Balaban J connectivity index is 0.00000131. The highest BCUT2D eigenvalue weighted by Crippen LogP contribution is 2.32.